The second-order valence-corrected chi connectivity index (χ2v) is 12.5. The van der Waals surface area contributed by atoms with Crippen LogP contribution in [-0.4, -0.2) is 34.6 Å². The first kappa shape index (κ1) is 21.7. The summed E-state index contributed by atoms with van der Waals surface area (Å²) in [4.78, 5) is 4.88. The van der Waals surface area contributed by atoms with E-state index in [9.17, 15) is 16.8 Å². The van der Waals surface area contributed by atoms with E-state index in [1.54, 1.807) is 12.3 Å². The lowest BCUT2D eigenvalue weighted by atomic mass is 9.85. The number of benzene rings is 1. The van der Waals surface area contributed by atoms with Crippen molar-refractivity contribution in [2.24, 2.45) is 5.92 Å². The fraction of sp³-hybridized carbons (Fsp3) is 0.571. The largest absolute Gasteiger partial charge is 0.260 e. The van der Waals surface area contributed by atoms with Crippen LogP contribution in [0.25, 0.3) is 10.8 Å². The Morgan fingerprint density at radius 1 is 1.10 bits per heavy atom. The van der Waals surface area contributed by atoms with Gasteiger partial charge < -0.3 is 0 Å². The Bertz CT molecular complexity index is 1190. The minimum atomic E-state index is -3.71. The van der Waals surface area contributed by atoms with Gasteiger partial charge >= 0.3 is 0 Å². The van der Waals surface area contributed by atoms with E-state index < -0.39 is 20.0 Å². The molecule has 0 amide bonds. The Kier molecular flexibility index (Phi) is 5.67. The predicted octanol–water partition coefficient (Wildman–Crippen LogP) is 2.97. The molecule has 1 heterocycles. The van der Waals surface area contributed by atoms with E-state index in [-0.39, 0.29) is 16.9 Å². The van der Waals surface area contributed by atoms with Gasteiger partial charge in [-0.3, -0.25) is 4.98 Å². The molecule has 1 saturated carbocycles. The van der Waals surface area contributed by atoms with Crippen LogP contribution < -0.4 is 9.44 Å². The molecule has 7 nitrogen and oxygen atoms in total. The standard InChI is InChI=1S/C21H29N3O4S2/c1-13(2)11-23-30(27,28)20-9-15-5-4-6-18(24-29(3,25)26)21(15)17-12-22-19(10-16(17)20)14-7-8-14/h9-10,12-14,18,23-24H,4-8,11H2,1-3H3. The van der Waals surface area contributed by atoms with E-state index >= 15 is 0 Å². The summed E-state index contributed by atoms with van der Waals surface area (Å²) in [5, 5.41) is 1.35. The predicted molar refractivity (Wildman–Crippen MR) is 117 cm³/mol. The number of aryl methyl sites for hydroxylation is 1. The zero-order valence-corrected chi connectivity index (χ0v) is 19.2. The molecule has 30 heavy (non-hydrogen) atoms. The monoisotopic (exact) mass is 451 g/mol. The van der Waals surface area contributed by atoms with Gasteiger partial charge in [0.05, 0.1) is 11.2 Å². The topological polar surface area (TPSA) is 105 Å². The van der Waals surface area contributed by atoms with Gasteiger partial charge in [0.15, 0.2) is 0 Å². The van der Waals surface area contributed by atoms with Crippen molar-refractivity contribution in [3.05, 3.63) is 35.2 Å². The van der Waals surface area contributed by atoms with Crippen molar-refractivity contribution in [1.29, 1.82) is 0 Å². The number of hydrogen-bond donors (Lipinski definition) is 2. The van der Waals surface area contributed by atoms with E-state index in [2.05, 4.69) is 14.4 Å². The maximum atomic E-state index is 13.2. The normalized spacial score (nSPS) is 19.9. The van der Waals surface area contributed by atoms with Gasteiger partial charge in [0.1, 0.15) is 0 Å². The summed E-state index contributed by atoms with van der Waals surface area (Å²) in [6.45, 7) is 4.29. The molecule has 1 fully saturated rings. The molecule has 2 N–H and O–H groups in total. The van der Waals surface area contributed by atoms with Gasteiger partial charge in [0.25, 0.3) is 0 Å². The maximum Gasteiger partial charge on any atom is 0.241 e. The zero-order chi connectivity index (χ0) is 21.7. The highest BCUT2D eigenvalue weighted by Gasteiger charge is 2.31. The van der Waals surface area contributed by atoms with Crippen molar-refractivity contribution >= 4 is 30.8 Å². The Morgan fingerprint density at radius 2 is 1.83 bits per heavy atom. The lowest BCUT2D eigenvalue weighted by Gasteiger charge is -2.28. The van der Waals surface area contributed by atoms with E-state index in [1.807, 2.05) is 19.9 Å². The minimum absolute atomic E-state index is 0.190. The first-order valence-electron chi connectivity index (χ1n) is 10.5. The average molecular weight is 452 g/mol. The summed E-state index contributed by atoms with van der Waals surface area (Å²) < 4.78 is 55.7. The molecule has 1 unspecified atom stereocenters. The molecule has 1 aromatic carbocycles. The summed E-state index contributed by atoms with van der Waals surface area (Å²) in [5.74, 6) is 0.574. The van der Waals surface area contributed by atoms with Crippen LogP contribution >= 0.6 is 0 Å². The number of hydrogen-bond acceptors (Lipinski definition) is 5. The summed E-state index contributed by atoms with van der Waals surface area (Å²) >= 11 is 0. The number of nitrogens with one attached hydrogen (secondary N) is 2. The number of nitrogens with zero attached hydrogens (tertiary/aromatic N) is 1. The summed E-state index contributed by atoms with van der Waals surface area (Å²) in [6, 6.07) is 3.26. The van der Waals surface area contributed by atoms with Crippen LogP contribution in [0.4, 0.5) is 0 Å². The minimum Gasteiger partial charge on any atom is -0.260 e. The summed E-state index contributed by atoms with van der Waals surface area (Å²) in [7, 11) is -7.11. The van der Waals surface area contributed by atoms with Crippen molar-refractivity contribution in [1.82, 2.24) is 14.4 Å². The van der Waals surface area contributed by atoms with Gasteiger partial charge in [0.2, 0.25) is 20.0 Å². The molecule has 0 saturated heterocycles. The smallest absolute Gasteiger partial charge is 0.241 e. The molecule has 1 aromatic heterocycles. The first-order chi connectivity index (χ1) is 14.0. The van der Waals surface area contributed by atoms with Crippen LogP contribution in [0.5, 0.6) is 0 Å². The van der Waals surface area contributed by atoms with Gasteiger partial charge in [-0.15, -0.1) is 0 Å². The maximum absolute atomic E-state index is 13.2. The number of pyridine rings is 1. The van der Waals surface area contributed by atoms with Crippen LogP contribution in [-0.2, 0) is 26.5 Å². The van der Waals surface area contributed by atoms with Gasteiger partial charge in [-0.25, -0.2) is 26.3 Å². The molecular weight excluding hydrogens is 422 g/mol. The van der Waals surface area contributed by atoms with Crippen molar-refractivity contribution in [2.45, 2.75) is 62.8 Å². The van der Waals surface area contributed by atoms with E-state index in [4.69, 9.17) is 0 Å². The quantitative estimate of drug-likeness (QED) is 0.673. The third-order valence-corrected chi connectivity index (χ3v) is 7.92. The Hall–Kier alpha value is -1.55. The molecular formula is C21H29N3O4S2. The lowest BCUT2D eigenvalue weighted by molar-refractivity contribution is 0.512. The Labute approximate surface area is 178 Å². The molecule has 1 atom stereocenters. The van der Waals surface area contributed by atoms with E-state index in [0.717, 1.165) is 47.7 Å². The highest BCUT2D eigenvalue weighted by atomic mass is 32.2. The Balaban J connectivity index is 1.92. The third-order valence-electron chi connectivity index (χ3n) is 5.74. The summed E-state index contributed by atoms with van der Waals surface area (Å²) in [6.07, 6.45) is 7.21. The van der Waals surface area contributed by atoms with Crippen molar-refractivity contribution in [3.8, 4) is 0 Å². The molecule has 2 aromatic rings. The molecule has 0 bridgehead atoms. The Morgan fingerprint density at radius 3 is 2.47 bits per heavy atom. The number of aromatic nitrogens is 1. The van der Waals surface area contributed by atoms with Crippen molar-refractivity contribution in [3.63, 3.8) is 0 Å². The molecule has 164 valence electrons. The van der Waals surface area contributed by atoms with Crippen molar-refractivity contribution < 1.29 is 16.8 Å². The molecule has 0 aliphatic heterocycles. The van der Waals surface area contributed by atoms with Gasteiger partial charge in [-0.1, -0.05) is 13.8 Å². The SMILES string of the molecule is CC(C)CNS(=O)(=O)c1cc2c(c3cnc(C4CC4)cc13)C(NS(C)(=O)=O)CCC2. The number of fused-ring (bicyclic) bond motifs is 3. The fourth-order valence-electron chi connectivity index (χ4n) is 4.19. The van der Waals surface area contributed by atoms with Crippen LogP contribution in [0, 0.1) is 5.92 Å². The average Bonchev–Trinajstić information content (AvgIpc) is 3.49. The second kappa shape index (κ2) is 7.85. The van der Waals surface area contributed by atoms with E-state index in [1.165, 1.54) is 0 Å². The van der Waals surface area contributed by atoms with Crippen LogP contribution in [0.2, 0.25) is 0 Å². The highest BCUT2D eigenvalue weighted by Crippen LogP contribution is 2.43. The van der Waals surface area contributed by atoms with Crippen molar-refractivity contribution in [2.75, 3.05) is 12.8 Å². The third kappa shape index (κ3) is 4.54. The van der Waals surface area contributed by atoms with Crippen LogP contribution in [0.3, 0.4) is 0 Å². The fourth-order valence-corrected chi connectivity index (χ4v) is 6.41. The number of sulfonamides is 2. The molecule has 0 radical (unpaired) electrons. The second-order valence-electron chi connectivity index (χ2n) is 8.96. The van der Waals surface area contributed by atoms with Gasteiger partial charge in [0, 0.05) is 41.2 Å². The lowest BCUT2D eigenvalue weighted by Crippen LogP contribution is -2.31. The van der Waals surface area contributed by atoms with Gasteiger partial charge in [-0.05, 0) is 61.3 Å². The van der Waals surface area contributed by atoms with Gasteiger partial charge in [-0.2, -0.15) is 0 Å². The van der Waals surface area contributed by atoms with Crippen LogP contribution in [0.1, 0.15) is 68.3 Å². The van der Waals surface area contributed by atoms with E-state index in [0.29, 0.717) is 30.7 Å². The summed E-state index contributed by atoms with van der Waals surface area (Å²) in [5.41, 5.74) is 2.64. The first-order valence-corrected chi connectivity index (χ1v) is 13.8. The number of rotatable bonds is 7. The molecule has 2 aliphatic carbocycles. The van der Waals surface area contributed by atoms with Crippen LogP contribution in [0.15, 0.2) is 23.2 Å². The molecule has 9 heteroatoms. The molecule has 0 spiro atoms. The highest BCUT2D eigenvalue weighted by molar-refractivity contribution is 7.89. The zero-order valence-electron chi connectivity index (χ0n) is 17.6. The molecule has 4 rings (SSSR count). The molecule has 2 aliphatic rings.